The van der Waals surface area contributed by atoms with E-state index in [0.717, 1.165) is 45.8 Å². The lowest BCUT2D eigenvalue weighted by Gasteiger charge is -2.34. The fraction of sp³-hybridized carbons (Fsp3) is 0.467. The molecule has 0 aliphatic carbocycles. The molecule has 22 heavy (non-hydrogen) atoms. The van der Waals surface area contributed by atoms with Gasteiger partial charge < -0.3 is 10.6 Å². The Morgan fingerprint density at radius 1 is 1.45 bits per heavy atom. The summed E-state index contributed by atoms with van der Waals surface area (Å²) in [6.07, 6.45) is 2.27. The van der Waals surface area contributed by atoms with Crippen molar-refractivity contribution in [2.24, 2.45) is 0 Å². The summed E-state index contributed by atoms with van der Waals surface area (Å²) < 4.78 is 0.753. The maximum Gasteiger partial charge on any atom is 0.226 e. The van der Waals surface area contributed by atoms with E-state index in [9.17, 15) is 4.79 Å². The number of carbonyl (C=O) groups is 1. The molecule has 0 spiro atoms. The van der Waals surface area contributed by atoms with Crippen LogP contribution in [0.3, 0.4) is 0 Å². The smallest absolute Gasteiger partial charge is 0.226 e. The molecule has 0 radical (unpaired) electrons. The quantitative estimate of drug-likeness (QED) is 0.884. The Balaban J connectivity index is 1.61. The number of aromatic nitrogens is 1. The molecule has 7 heteroatoms. The van der Waals surface area contributed by atoms with Crippen molar-refractivity contribution in [3.8, 4) is 9.88 Å². The maximum atomic E-state index is 12.3. The highest BCUT2D eigenvalue weighted by molar-refractivity contribution is 7.23. The second-order valence-corrected chi connectivity index (χ2v) is 8.36. The van der Waals surface area contributed by atoms with Gasteiger partial charge in [0, 0.05) is 10.9 Å². The molecule has 1 saturated heterocycles. The second-order valence-electron chi connectivity index (χ2n) is 5.78. The van der Waals surface area contributed by atoms with E-state index in [2.05, 4.69) is 22.5 Å². The monoisotopic (exact) mass is 355 g/mol. The minimum absolute atomic E-state index is 0.0467. The van der Waals surface area contributed by atoms with Gasteiger partial charge >= 0.3 is 0 Å². The number of thiazole rings is 1. The van der Waals surface area contributed by atoms with Crippen molar-refractivity contribution in [1.82, 2.24) is 15.6 Å². The Labute approximate surface area is 142 Å². The van der Waals surface area contributed by atoms with Gasteiger partial charge in [-0.05, 0) is 45.0 Å². The molecule has 0 atom stereocenters. The maximum absolute atomic E-state index is 12.3. The average Bonchev–Trinajstić information content (AvgIpc) is 3.08. The number of nitrogens with one attached hydrogen (secondary N) is 2. The number of piperidine rings is 1. The lowest BCUT2D eigenvalue weighted by molar-refractivity contribution is -0.122. The van der Waals surface area contributed by atoms with Gasteiger partial charge in [-0.1, -0.05) is 11.6 Å². The Hall–Kier alpha value is -0.950. The Kier molecular flexibility index (Phi) is 4.82. The van der Waals surface area contributed by atoms with E-state index in [1.165, 1.54) is 11.3 Å². The first-order valence-electron chi connectivity index (χ1n) is 7.26. The minimum atomic E-state index is -0.0948. The predicted octanol–water partition coefficient (Wildman–Crippen LogP) is 3.33. The van der Waals surface area contributed by atoms with E-state index in [0.29, 0.717) is 6.42 Å². The third-order valence-electron chi connectivity index (χ3n) is 3.83. The van der Waals surface area contributed by atoms with Crippen LogP contribution >= 0.6 is 34.3 Å². The van der Waals surface area contributed by atoms with Gasteiger partial charge in [-0.15, -0.1) is 22.7 Å². The summed E-state index contributed by atoms with van der Waals surface area (Å²) in [5, 5.41) is 9.35. The number of amides is 1. The van der Waals surface area contributed by atoms with Gasteiger partial charge in [0.15, 0.2) is 0 Å². The average molecular weight is 356 g/mol. The second kappa shape index (κ2) is 6.66. The number of carbonyl (C=O) groups excluding carboxylic acids is 1. The summed E-state index contributed by atoms with van der Waals surface area (Å²) in [4.78, 5) is 17.8. The topological polar surface area (TPSA) is 54.0 Å². The van der Waals surface area contributed by atoms with Crippen molar-refractivity contribution >= 4 is 40.2 Å². The van der Waals surface area contributed by atoms with Crippen molar-refractivity contribution in [3.63, 3.8) is 0 Å². The highest BCUT2D eigenvalue weighted by Gasteiger charge is 2.28. The van der Waals surface area contributed by atoms with E-state index in [1.807, 2.05) is 17.5 Å². The zero-order valence-corrected chi connectivity index (χ0v) is 14.7. The minimum Gasteiger partial charge on any atom is -0.351 e. The van der Waals surface area contributed by atoms with Gasteiger partial charge in [-0.2, -0.15) is 0 Å². The van der Waals surface area contributed by atoms with Gasteiger partial charge in [0.05, 0.1) is 21.3 Å². The fourth-order valence-electron chi connectivity index (χ4n) is 2.58. The largest absolute Gasteiger partial charge is 0.351 e. The Morgan fingerprint density at radius 3 is 2.91 bits per heavy atom. The first kappa shape index (κ1) is 15.9. The first-order valence-corrected chi connectivity index (χ1v) is 9.33. The number of thiophene rings is 1. The molecule has 3 rings (SSSR count). The molecule has 0 saturated carbocycles. The molecule has 1 aliphatic rings. The molecule has 0 unspecified atom stereocenters. The van der Waals surface area contributed by atoms with Crippen LogP contribution in [0.15, 0.2) is 17.5 Å². The van der Waals surface area contributed by atoms with Crippen LogP contribution in [0, 0.1) is 0 Å². The highest BCUT2D eigenvalue weighted by Crippen LogP contribution is 2.33. The molecule has 2 aromatic rings. The summed E-state index contributed by atoms with van der Waals surface area (Å²) in [7, 11) is 0. The van der Waals surface area contributed by atoms with Crippen LogP contribution in [0.5, 0.6) is 0 Å². The lowest BCUT2D eigenvalue weighted by atomic mass is 9.90. The zero-order valence-electron chi connectivity index (χ0n) is 12.3. The molecule has 1 fully saturated rings. The van der Waals surface area contributed by atoms with Crippen LogP contribution in [-0.4, -0.2) is 29.5 Å². The SMILES string of the molecule is CC1(NC(=O)Cc2csc(-c3ccc(Cl)s3)n2)CCNCC1. The lowest BCUT2D eigenvalue weighted by Crippen LogP contribution is -2.52. The molecule has 0 bridgehead atoms. The zero-order chi connectivity index (χ0) is 15.6. The van der Waals surface area contributed by atoms with E-state index in [-0.39, 0.29) is 11.4 Å². The van der Waals surface area contributed by atoms with Gasteiger partial charge in [0.2, 0.25) is 5.91 Å². The van der Waals surface area contributed by atoms with Crippen molar-refractivity contribution in [3.05, 3.63) is 27.5 Å². The predicted molar refractivity (Wildman–Crippen MR) is 92.8 cm³/mol. The highest BCUT2D eigenvalue weighted by atomic mass is 35.5. The summed E-state index contributed by atoms with van der Waals surface area (Å²) >= 11 is 9.01. The summed E-state index contributed by atoms with van der Waals surface area (Å²) in [5.74, 6) is 0.0467. The molecular formula is C15H18ClN3OS2. The number of nitrogens with zero attached hydrogens (tertiary/aromatic N) is 1. The number of rotatable bonds is 4. The van der Waals surface area contributed by atoms with Crippen LogP contribution in [0.25, 0.3) is 9.88 Å². The molecule has 4 nitrogen and oxygen atoms in total. The summed E-state index contributed by atoms with van der Waals surface area (Å²) in [6.45, 7) is 4.03. The van der Waals surface area contributed by atoms with Crippen LogP contribution in [0.2, 0.25) is 4.34 Å². The van der Waals surface area contributed by atoms with Crippen molar-refractivity contribution < 1.29 is 4.79 Å². The van der Waals surface area contributed by atoms with Gasteiger partial charge in [0.1, 0.15) is 5.01 Å². The van der Waals surface area contributed by atoms with Gasteiger partial charge in [0.25, 0.3) is 0 Å². The molecule has 3 heterocycles. The van der Waals surface area contributed by atoms with Crippen LogP contribution in [0.1, 0.15) is 25.5 Å². The van der Waals surface area contributed by atoms with Crippen LogP contribution < -0.4 is 10.6 Å². The van der Waals surface area contributed by atoms with Gasteiger partial charge in [-0.3, -0.25) is 4.79 Å². The third-order valence-corrected chi connectivity index (χ3v) is 6.12. The summed E-state index contributed by atoms with van der Waals surface area (Å²) in [6, 6.07) is 3.83. The fourth-order valence-corrected chi connectivity index (χ4v) is 4.51. The normalized spacial score (nSPS) is 17.4. The third kappa shape index (κ3) is 3.87. The molecule has 2 N–H and O–H groups in total. The van der Waals surface area contributed by atoms with E-state index >= 15 is 0 Å². The molecule has 118 valence electrons. The number of halogens is 1. The van der Waals surface area contributed by atoms with E-state index in [4.69, 9.17) is 11.6 Å². The molecular weight excluding hydrogens is 338 g/mol. The Bertz CT molecular complexity index is 661. The summed E-state index contributed by atoms with van der Waals surface area (Å²) in [5.41, 5.74) is 0.724. The van der Waals surface area contributed by atoms with Crippen molar-refractivity contribution in [2.75, 3.05) is 13.1 Å². The molecule has 1 amide bonds. The number of hydrogen-bond acceptors (Lipinski definition) is 5. The Morgan fingerprint density at radius 2 is 2.23 bits per heavy atom. The molecule has 2 aromatic heterocycles. The first-order chi connectivity index (χ1) is 10.5. The van der Waals surface area contributed by atoms with Crippen LogP contribution in [0.4, 0.5) is 0 Å². The van der Waals surface area contributed by atoms with Crippen molar-refractivity contribution in [1.29, 1.82) is 0 Å². The van der Waals surface area contributed by atoms with Gasteiger partial charge in [-0.25, -0.2) is 4.98 Å². The number of hydrogen-bond donors (Lipinski definition) is 2. The standard InChI is InChI=1S/C15H18ClN3OS2/c1-15(4-6-17-7-5-15)19-13(20)8-10-9-21-14(18-10)11-2-3-12(16)22-11/h2-3,9,17H,4-8H2,1H3,(H,19,20). The molecule has 1 aliphatic heterocycles. The molecule has 0 aromatic carbocycles. The van der Waals surface area contributed by atoms with Crippen molar-refractivity contribution in [2.45, 2.75) is 31.7 Å². The van der Waals surface area contributed by atoms with E-state index < -0.39 is 0 Å². The van der Waals surface area contributed by atoms with E-state index in [1.54, 1.807) is 11.3 Å². The van der Waals surface area contributed by atoms with Crippen LogP contribution in [-0.2, 0) is 11.2 Å².